The first-order valence-electron chi connectivity index (χ1n) is 9.97. The van der Waals surface area contributed by atoms with Crippen LogP contribution in [0, 0.1) is 27.7 Å². The van der Waals surface area contributed by atoms with Crippen LogP contribution in [0.25, 0.3) is 0 Å². The zero-order valence-electron chi connectivity index (χ0n) is 17.1. The predicted molar refractivity (Wildman–Crippen MR) is 114 cm³/mol. The normalized spacial score (nSPS) is 16.3. The van der Waals surface area contributed by atoms with Crippen molar-refractivity contribution in [3.63, 3.8) is 0 Å². The lowest BCUT2D eigenvalue weighted by atomic mass is 9.95. The predicted octanol–water partition coefficient (Wildman–Crippen LogP) is 5.74. The number of anilines is 1. The molecule has 3 rings (SSSR count). The molecule has 1 unspecified atom stereocenters. The van der Waals surface area contributed by atoms with Crippen molar-refractivity contribution < 1.29 is 4.79 Å². The fraction of sp³-hybridized carbons (Fsp3) is 0.545. The van der Waals surface area contributed by atoms with Gasteiger partial charge in [0.25, 0.3) is 0 Å². The van der Waals surface area contributed by atoms with Gasteiger partial charge in [0.15, 0.2) is 5.16 Å². The first-order valence-corrected chi connectivity index (χ1v) is 10.8. The van der Waals surface area contributed by atoms with Gasteiger partial charge in [0.2, 0.25) is 5.91 Å². The lowest BCUT2D eigenvalue weighted by Crippen LogP contribution is -2.24. The molecule has 1 amide bonds. The van der Waals surface area contributed by atoms with Crippen LogP contribution < -0.4 is 5.32 Å². The van der Waals surface area contributed by atoms with E-state index in [2.05, 4.69) is 36.7 Å². The monoisotopic (exact) mass is 385 g/mol. The summed E-state index contributed by atoms with van der Waals surface area (Å²) in [6.07, 6.45) is 6.34. The van der Waals surface area contributed by atoms with Gasteiger partial charge in [-0.3, -0.25) is 4.79 Å². The molecule has 0 aliphatic heterocycles. The first kappa shape index (κ1) is 20.0. The van der Waals surface area contributed by atoms with Crippen LogP contribution in [0.4, 0.5) is 5.69 Å². The molecule has 0 spiro atoms. The summed E-state index contributed by atoms with van der Waals surface area (Å²) in [5.41, 5.74) is 5.50. The van der Waals surface area contributed by atoms with E-state index in [0.29, 0.717) is 6.04 Å². The Morgan fingerprint density at radius 2 is 1.89 bits per heavy atom. The Morgan fingerprint density at radius 1 is 1.19 bits per heavy atom. The number of amides is 1. The van der Waals surface area contributed by atoms with Crippen molar-refractivity contribution in [2.45, 2.75) is 83.2 Å². The Labute approximate surface area is 167 Å². The Morgan fingerprint density at radius 3 is 2.56 bits per heavy atom. The Hall–Kier alpha value is -1.75. The van der Waals surface area contributed by atoms with Crippen LogP contribution in [0.2, 0.25) is 0 Å². The number of hydrogen-bond donors (Lipinski definition) is 1. The van der Waals surface area contributed by atoms with Crippen molar-refractivity contribution in [1.29, 1.82) is 0 Å². The summed E-state index contributed by atoms with van der Waals surface area (Å²) in [6.45, 7) is 10.3. The van der Waals surface area contributed by atoms with Gasteiger partial charge in [0, 0.05) is 17.4 Å². The van der Waals surface area contributed by atoms with E-state index in [9.17, 15) is 4.79 Å². The Balaban J connectivity index is 1.74. The molecular formula is C22H31N3OS. The summed E-state index contributed by atoms with van der Waals surface area (Å²) in [4.78, 5) is 17.6. The summed E-state index contributed by atoms with van der Waals surface area (Å²) in [5.74, 6) is 0.0282. The standard InChI is InChI=1S/C22H31N3OS/c1-14-11-12-20(15(2)13-14)24-21(26)18(5)27-22-23-16(3)17(4)25(22)19-9-7-6-8-10-19/h11-13,18-19H,6-10H2,1-5H3,(H,24,26). The zero-order chi connectivity index (χ0) is 19.6. The number of thioether (sulfide) groups is 1. The summed E-state index contributed by atoms with van der Waals surface area (Å²) < 4.78 is 2.39. The number of benzene rings is 1. The molecule has 2 aromatic rings. The molecule has 0 saturated heterocycles. The summed E-state index contributed by atoms with van der Waals surface area (Å²) in [5, 5.41) is 3.87. The molecular weight excluding hydrogens is 354 g/mol. The molecule has 1 aromatic carbocycles. The lowest BCUT2D eigenvalue weighted by molar-refractivity contribution is -0.115. The highest BCUT2D eigenvalue weighted by Crippen LogP contribution is 2.35. The first-order chi connectivity index (χ1) is 12.9. The van der Waals surface area contributed by atoms with E-state index in [0.717, 1.165) is 22.1 Å². The topological polar surface area (TPSA) is 46.9 Å². The smallest absolute Gasteiger partial charge is 0.237 e. The number of imidazole rings is 1. The maximum Gasteiger partial charge on any atom is 0.237 e. The molecule has 5 heteroatoms. The second-order valence-corrected chi connectivity index (χ2v) is 9.10. The largest absolute Gasteiger partial charge is 0.325 e. The molecule has 1 aliphatic carbocycles. The van der Waals surface area contributed by atoms with Gasteiger partial charge in [-0.25, -0.2) is 4.98 Å². The Kier molecular flexibility index (Phi) is 6.30. The third kappa shape index (κ3) is 4.57. The van der Waals surface area contributed by atoms with Crippen LogP contribution in [-0.2, 0) is 4.79 Å². The van der Waals surface area contributed by atoms with E-state index in [-0.39, 0.29) is 11.2 Å². The maximum absolute atomic E-state index is 12.8. The van der Waals surface area contributed by atoms with Crippen molar-refractivity contribution in [3.05, 3.63) is 40.7 Å². The van der Waals surface area contributed by atoms with Crippen LogP contribution in [0.1, 0.15) is 67.6 Å². The highest BCUT2D eigenvalue weighted by atomic mass is 32.2. The maximum atomic E-state index is 12.8. The summed E-state index contributed by atoms with van der Waals surface area (Å²) >= 11 is 1.58. The van der Waals surface area contributed by atoms with Crippen molar-refractivity contribution >= 4 is 23.4 Å². The second kappa shape index (κ2) is 8.51. The Bertz CT molecular complexity index is 821. The third-order valence-electron chi connectivity index (χ3n) is 5.59. The summed E-state index contributed by atoms with van der Waals surface area (Å²) in [7, 11) is 0. The van der Waals surface area contributed by atoms with Gasteiger partial charge in [0.05, 0.1) is 10.9 Å². The van der Waals surface area contributed by atoms with Crippen molar-refractivity contribution in [2.75, 3.05) is 5.32 Å². The molecule has 1 fully saturated rings. The van der Waals surface area contributed by atoms with E-state index in [1.807, 2.05) is 26.0 Å². The van der Waals surface area contributed by atoms with Gasteiger partial charge < -0.3 is 9.88 Å². The number of hydrogen-bond acceptors (Lipinski definition) is 3. The molecule has 27 heavy (non-hydrogen) atoms. The number of nitrogens with one attached hydrogen (secondary N) is 1. The molecule has 1 heterocycles. The van der Waals surface area contributed by atoms with Crippen molar-refractivity contribution in [1.82, 2.24) is 9.55 Å². The molecule has 0 bridgehead atoms. The van der Waals surface area contributed by atoms with Gasteiger partial charge in [-0.1, -0.05) is 48.7 Å². The number of carbonyl (C=O) groups is 1. The van der Waals surface area contributed by atoms with Crippen LogP contribution in [-0.4, -0.2) is 20.7 Å². The van der Waals surface area contributed by atoms with E-state index >= 15 is 0 Å². The molecule has 1 aromatic heterocycles. The zero-order valence-corrected chi connectivity index (χ0v) is 17.9. The van der Waals surface area contributed by atoms with Crippen LogP contribution >= 0.6 is 11.8 Å². The fourth-order valence-corrected chi connectivity index (χ4v) is 4.92. The van der Waals surface area contributed by atoms with Crippen LogP contribution in [0.15, 0.2) is 23.4 Å². The molecule has 1 atom stereocenters. The lowest BCUT2D eigenvalue weighted by Gasteiger charge is -2.26. The van der Waals surface area contributed by atoms with Crippen molar-refractivity contribution in [2.24, 2.45) is 0 Å². The van der Waals surface area contributed by atoms with Gasteiger partial charge in [-0.2, -0.15) is 0 Å². The SMILES string of the molecule is Cc1ccc(NC(=O)C(C)Sc2nc(C)c(C)n2C2CCCCC2)c(C)c1. The molecule has 0 radical (unpaired) electrons. The molecule has 1 N–H and O–H groups in total. The van der Waals surface area contributed by atoms with E-state index in [4.69, 9.17) is 4.98 Å². The highest BCUT2D eigenvalue weighted by molar-refractivity contribution is 8.00. The average Bonchev–Trinajstić information content (AvgIpc) is 2.91. The molecule has 1 saturated carbocycles. The molecule has 146 valence electrons. The highest BCUT2D eigenvalue weighted by Gasteiger charge is 2.25. The van der Waals surface area contributed by atoms with E-state index in [1.54, 1.807) is 11.8 Å². The number of rotatable bonds is 5. The quantitative estimate of drug-likeness (QED) is 0.668. The number of nitrogens with zero attached hydrogens (tertiary/aromatic N) is 2. The van der Waals surface area contributed by atoms with Gasteiger partial charge >= 0.3 is 0 Å². The average molecular weight is 386 g/mol. The molecule has 4 nitrogen and oxygen atoms in total. The third-order valence-corrected chi connectivity index (χ3v) is 6.65. The van der Waals surface area contributed by atoms with Gasteiger partial charge in [-0.05, 0) is 59.1 Å². The van der Waals surface area contributed by atoms with Crippen molar-refractivity contribution in [3.8, 4) is 0 Å². The molecule has 1 aliphatic rings. The number of carbonyl (C=O) groups excluding carboxylic acids is 1. The number of aryl methyl sites for hydroxylation is 3. The summed E-state index contributed by atoms with van der Waals surface area (Å²) in [6, 6.07) is 6.63. The minimum Gasteiger partial charge on any atom is -0.325 e. The minimum atomic E-state index is -0.200. The van der Waals surface area contributed by atoms with E-state index in [1.165, 1.54) is 43.4 Å². The fourth-order valence-electron chi connectivity index (χ4n) is 3.85. The van der Waals surface area contributed by atoms with Crippen LogP contribution in [0.5, 0.6) is 0 Å². The second-order valence-electron chi connectivity index (χ2n) is 7.79. The van der Waals surface area contributed by atoms with Crippen LogP contribution in [0.3, 0.4) is 0 Å². The minimum absolute atomic E-state index is 0.0282. The number of aromatic nitrogens is 2. The van der Waals surface area contributed by atoms with Gasteiger partial charge in [-0.15, -0.1) is 0 Å². The van der Waals surface area contributed by atoms with Gasteiger partial charge in [0.1, 0.15) is 0 Å². The van der Waals surface area contributed by atoms with E-state index < -0.39 is 0 Å².